The second kappa shape index (κ2) is 7.01. The van der Waals surface area contributed by atoms with E-state index in [1.807, 2.05) is 30.8 Å². The van der Waals surface area contributed by atoms with E-state index in [9.17, 15) is 5.11 Å². The molecule has 0 aliphatic rings. The third kappa shape index (κ3) is 4.00. The Balaban J connectivity index is 2.87. The molecule has 0 aromatic heterocycles. The molecule has 2 atom stereocenters. The highest BCUT2D eigenvalue weighted by atomic mass is 32.2. The van der Waals surface area contributed by atoms with Crippen LogP contribution in [0.15, 0.2) is 29.2 Å². The maximum atomic E-state index is 9.20. The number of aliphatic hydroxyl groups is 1. The summed E-state index contributed by atoms with van der Waals surface area (Å²) in [5.74, 6) is 1.08. The molecule has 0 radical (unpaired) electrons. The van der Waals surface area contributed by atoms with Gasteiger partial charge in [-0.05, 0) is 37.5 Å². The molecule has 4 heteroatoms. The van der Waals surface area contributed by atoms with E-state index in [4.69, 9.17) is 5.73 Å². The molecule has 1 rings (SSSR count). The van der Waals surface area contributed by atoms with Gasteiger partial charge in [-0.2, -0.15) is 0 Å². The van der Waals surface area contributed by atoms with E-state index in [1.165, 1.54) is 4.90 Å². The zero-order chi connectivity index (χ0) is 12.8. The third-order valence-electron chi connectivity index (χ3n) is 2.71. The number of hydrogen-bond acceptors (Lipinski definition) is 4. The summed E-state index contributed by atoms with van der Waals surface area (Å²) in [4.78, 5) is 3.31. The van der Waals surface area contributed by atoms with Gasteiger partial charge in [0.15, 0.2) is 0 Å². The van der Waals surface area contributed by atoms with Crippen molar-refractivity contribution in [3.05, 3.63) is 29.8 Å². The second-order valence-electron chi connectivity index (χ2n) is 4.26. The number of aliphatic hydroxyl groups excluding tert-OH is 1. The normalized spacial score (nSPS) is 14.9. The van der Waals surface area contributed by atoms with Crippen molar-refractivity contribution in [3.8, 4) is 0 Å². The van der Waals surface area contributed by atoms with Crippen LogP contribution < -0.4 is 5.73 Å². The third-order valence-corrected chi connectivity index (χ3v) is 3.60. The fourth-order valence-electron chi connectivity index (χ4n) is 1.96. The van der Waals surface area contributed by atoms with E-state index in [0.717, 1.165) is 11.3 Å². The molecular formula is C13H22N2OS. The number of rotatable bonds is 6. The molecule has 0 saturated heterocycles. The number of hydrogen-bond donors (Lipinski definition) is 2. The van der Waals surface area contributed by atoms with E-state index >= 15 is 0 Å². The Morgan fingerprint density at radius 1 is 1.29 bits per heavy atom. The Morgan fingerprint density at radius 3 is 2.29 bits per heavy atom. The Hall–Kier alpha value is -0.550. The van der Waals surface area contributed by atoms with Crippen LogP contribution >= 0.6 is 11.8 Å². The van der Waals surface area contributed by atoms with Crippen LogP contribution in [0, 0.1) is 0 Å². The maximum absolute atomic E-state index is 9.20. The summed E-state index contributed by atoms with van der Waals surface area (Å²) in [6, 6.07) is 8.22. The molecule has 0 saturated carbocycles. The van der Waals surface area contributed by atoms with Gasteiger partial charge < -0.3 is 15.7 Å². The fourth-order valence-corrected chi connectivity index (χ4v) is 2.62. The summed E-state index contributed by atoms with van der Waals surface area (Å²) in [5.41, 5.74) is 7.10. The highest BCUT2D eigenvalue weighted by Gasteiger charge is 2.21. The molecule has 96 valence electrons. The van der Waals surface area contributed by atoms with E-state index in [-0.39, 0.29) is 18.7 Å². The minimum Gasteiger partial charge on any atom is -0.395 e. The topological polar surface area (TPSA) is 49.5 Å². The van der Waals surface area contributed by atoms with Crippen molar-refractivity contribution in [1.29, 1.82) is 0 Å². The first-order valence-electron chi connectivity index (χ1n) is 5.85. The van der Waals surface area contributed by atoms with Gasteiger partial charge in [0.1, 0.15) is 0 Å². The molecule has 0 aliphatic carbocycles. The molecule has 0 fully saturated rings. The van der Waals surface area contributed by atoms with Gasteiger partial charge in [0.25, 0.3) is 0 Å². The van der Waals surface area contributed by atoms with Gasteiger partial charge in [0, 0.05) is 10.9 Å². The lowest BCUT2D eigenvalue weighted by Crippen LogP contribution is -2.39. The molecule has 0 aliphatic heterocycles. The molecule has 1 aromatic rings. The van der Waals surface area contributed by atoms with Crippen molar-refractivity contribution in [2.45, 2.75) is 23.9 Å². The summed E-state index contributed by atoms with van der Waals surface area (Å²) in [6.07, 6.45) is 0. The molecule has 3 nitrogen and oxygen atoms in total. The van der Waals surface area contributed by atoms with Crippen molar-refractivity contribution >= 4 is 11.8 Å². The molecule has 3 N–H and O–H groups in total. The smallest absolute Gasteiger partial charge is 0.0601 e. The summed E-state index contributed by atoms with van der Waals surface area (Å²) in [6.45, 7) is 2.14. The lowest BCUT2D eigenvalue weighted by atomic mass is 9.99. The lowest BCUT2D eigenvalue weighted by molar-refractivity contribution is 0.181. The monoisotopic (exact) mass is 254 g/mol. The minimum atomic E-state index is -0.255. The number of nitrogens with zero attached hydrogens (tertiary/aromatic N) is 1. The number of nitrogens with two attached hydrogens (primary N) is 1. The van der Waals surface area contributed by atoms with Crippen LogP contribution in [0.1, 0.15) is 18.5 Å². The summed E-state index contributed by atoms with van der Waals surface area (Å²) < 4.78 is 0. The average Bonchev–Trinajstić information content (AvgIpc) is 2.31. The summed E-state index contributed by atoms with van der Waals surface area (Å²) in [5, 5.41) is 9.20. The van der Waals surface area contributed by atoms with Crippen LogP contribution in [0.2, 0.25) is 0 Å². The van der Waals surface area contributed by atoms with Crippen molar-refractivity contribution in [2.75, 3.05) is 26.5 Å². The molecule has 1 aromatic carbocycles. The Kier molecular flexibility index (Phi) is 5.98. The van der Waals surface area contributed by atoms with Crippen LogP contribution in [-0.4, -0.2) is 42.5 Å². The minimum absolute atomic E-state index is 0.00565. The predicted octanol–water partition coefficient (Wildman–Crippen LogP) is 1.72. The van der Waals surface area contributed by atoms with E-state index in [1.54, 1.807) is 0 Å². The van der Waals surface area contributed by atoms with Gasteiger partial charge in [0.05, 0.1) is 12.6 Å². The predicted molar refractivity (Wildman–Crippen MR) is 74.3 cm³/mol. The van der Waals surface area contributed by atoms with Crippen LogP contribution in [0.5, 0.6) is 0 Å². The lowest BCUT2D eigenvalue weighted by Gasteiger charge is -2.29. The van der Waals surface area contributed by atoms with Crippen LogP contribution in [0.4, 0.5) is 0 Å². The van der Waals surface area contributed by atoms with Gasteiger partial charge in [-0.25, -0.2) is 0 Å². The standard InChI is InChI=1S/C13H22N2OS/c1-4-17-11-7-5-10(6-8-11)13(15(2)3)12(14)9-16/h5-8,12-13,16H,4,9,14H2,1-3H3. The zero-order valence-corrected chi connectivity index (χ0v) is 11.6. The second-order valence-corrected chi connectivity index (χ2v) is 5.59. The van der Waals surface area contributed by atoms with E-state index < -0.39 is 0 Å². The number of thioether (sulfide) groups is 1. The van der Waals surface area contributed by atoms with E-state index in [2.05, 4.69) is 31.2 Å². The van der Waals surface area contributed by atoms with Crippen LogP contribution in [-0.2, 0) is 0 Å². The molecule has 0 heterocycles. The van der Waals surface area contributed by atoms with Crippen molar-refractivity contribution in [1.82, 2.24) is 4.90 Å². The molecule has 17 heavy (non-hydrogen) atoms. The van der Waals surface area contributed by atoms with Gasteiger partial charge >= 0.3 is 0 Å². The first-order valence-corrected chi connectivity index (χ1v) is 6.84. The Bertz CT molecular complexity index is 327. The zero-order valence-electron chi connectivity index (χ0n) is 10.8. The largest absolute Gasteiger partial charge is 0.395 e. The first kappa shape index (κ1) is 14.5. The average molecular weight is 254 g/mol. The summed E-state index contributed by atoms with van der Waals surface area (Å²) in [7, 11) is 3.96. The van der Waals surface area contributed by atoms with Gasteiger partial charge in [-0.1, -0.05) is 19.1 Å². The SMILES string of the molecule is CCSc1ccc(C(C(N)CO)N(C)C)cc1. The van der Waals surface area contributed by atoms with Gasteiger partial charge in [-0.15, -0.1) is 11.8 Å². The van der Waals surface area contributed by atoms with Crippen LogP contribution in [0.3, 0.4) is 0 Å². The van der Waals surface area contributed by atoms with E-state index in [0.29, 0.717) is 0 Å². The number of benzene rings is 1. The molecular weight excluding hydrogens is 232 g/mol. The number of likely N-dealkylation sites (N-methyl/N-ethyl adjacent to an activating group) is 1. The van der Waals surface area contributed by atoms with Crippen LogP contribution in [0.25, 0.3) is 0 Å². The highest BCUT2D eigenvalue weighted by molar-refractivity contribution is 7.99. The molecule has 0 amide bonds. The highest BCUT2D eigenvalue weighted by Crippen LogP contribution is 2.24. The maximum Gasteiger partial charge on any atom is 0.0601 e. The fraction of sp³-hybridized carbons (Fsp3) is 0.538. The molecule has 2 unspecified atom stereocenters. The van der Waals surface area contributed by atoms with Gasteiger partial charge in [-0.3, -0.25) is 0 Å². The Morgan fingerprint density at radius 2 is 1.88 bits per heavy atom. The summed E-state index contributed by atoms with van der Waals surface area (Å²) >= 11 is 1.82. The van der Waals surface area contributed by atoms with Crippen molar-refractivity contribution in [2.24, 2.45) is 5.73 Å². The quantitative estimate of drug-likeness (QED) is 0.759. The first-order chi connectivity index (χ1) is 8.10. The molecule has 0 spiro atoms. The van der Waals surface area contributed by atoms with Gasteiger partial charge in [0.2, 0.25) is 0 Å². The van der Waals surface area contributed by atoms with Crippen molar-refractivity contribution in [3.63, 3.8) is 0 Å². The van der Waals surface area contributed by atoms with Crippen molar-refractivity contribution < 1.29 is 5.11 Å². The Labute approximate surface area is 108 Å². The molecule has 0 bridgehead atoms.